The van der Waals surface area contributed by atoms with Crippen LogP contribution in [0.25, 0.3) is 0 Å². The van der Waals surface area contributed by atoms with E-state index in [-0.39, 0.29) is 23.2 Å². The molecule has 1 aromatic rings. The van der Waals surface area contributed by atoms with Gasteiger partial charge >= 0.3 is 0 Å². The SMILES string of the molecule is CCN(C(=O)C1(CN)CCC1)C(C)c1ccc(F)cc1. The Bertz CT molecular complexity index is 462. The van der Waals surface area contributed by atoms with Crippen molar-refractivity contribution in [1.82, 2.24) is 4.90 Å². The van der Waals surface area contributed by atoms with Crippen molar-refractivity contribution in [2.45, 2.75) is 39.2 Å². The summed E-state index contributed by atoms with van der Waals surface area (Å²) in [6.07, 6.45) is 2.84. The number of nitrogens with zero attached hydrogens (tertiary/aromatic N) is 1. The van der Waals surface area contributed by atoms with Gasteiger partial charge in [0.2, 0.25) is 5.91 Å². The van der Waals surface area contributed by atoms with Crippen LogP contribution in [0.4, 0.5) is 4.39 Å². The summed E-state index contributed by atoms with van der Waals surface area (Å²) in [6, 6.07) is 6.30. The third-order valence-corrected chi connectivity index (χ3v) is 4.58. The van der Waals surface area contributed by atoms with Crippen LogP contribution in [0, 0.1) is 11.2 Å². The minimum Gasteiger partial charge on any atom is -0.336 e. The van der Waals surface area contributed by atoms with Crippen LogP contribution in [-0.4, -0.2) is 23.9 Å². The van der Waals surface area contributed by atoms with Crippen LogP contribution >= 0.6 is 0 Å². The number of nitrogens with two attached hydrogens (primary N) is 1. The smallest absolute Gasteiger partial charge is 0.230 e. The Balaban J connectivity index is 2.19. The number of benzene rings is 1. The van der Waals surface area contributed by atoms with Crippen molar-refractivity contribution in [1.29, 1.82) is 0 Å². The summed E-state index contributed by atoms with van der Waals surface area (Å²) in [6.45, 7) is 5.01. The third kappa shape index (κ3) is 2.57. The summed E-state index contributed by atoms with van der Waals surface area (Å²) in [4.78, 5) is 14.6. The maximum Gasteiger partial charge on any atom is 0.230 e. The molecule has 0 aliphatic heterocycles. The van der Waals surface area contributed by atoms with E-state index < -0.39 is 0 Å². The highest BCUT2D eigenvalue weighted by Crippen LogP contribution is 2.42. The summed E-state index contributed by atoms with van der Waals surface area (Å²) < 4.78 is 13.0. The van der Waals surface area contributed by atoms with Crippen LogP contribution in [-0.2, 0) is 4.79 Å². The van der Waals surface area contributed by atoms with Crippen LogP contribution in [0.15, 0.2) is 24.3 Å². The van der Waals surface area contributed by atoms with Crippen LogP contribution in [0.3, 0.4) is 0 Å². The van der Waals surface area contributed by atoms with Gasteiger partial charge in [-0.1, -0.05) is 18.6 Å². The van der Waals surface area contributed by atoms with E-state index >= 15 is 0 Å². The quantitative estimate of drug-likeness (QED) is 0.900. The fourth-order valence-electron chi connectivity index (χ4n) is 2.93. The number of hydrogen-bond donors (Lipinski definition) is 1. The number of halogens is 1. The van der Waals surface area contributed by atoms with Gasteiger partial charge in [-0.05, 0) is 44.4 Å². The van der Waals surface area contributed by atoms with Crippen molar-refractivity contribution < 1.29 is 9.18 Å². The molecule has 1 aliphatic rings. The van der Waals surface area contributed by atoms with E-state index in [2.05, 4.69) is 0 Å². The highest BCUT2D eigenvalue weighted by Gasteiger charge is 2.45. The molecule has 1 aliphatic carbocycles. The van der Waals surface area contributed by atoms with Crippen molar-refractivity contribution in [2.75, 3.05) is 13.1 Å². The monoisotopic (exact) mass is 278 g/mol. The molecule has 1 fully saturated rings. The van der Waals surface area contributed by atoms with E-state index in [9.17, 15) is 9.18 Å². The van der Waals surface area contributed by atoms with Crippen molar-refractivity contribution in [3.63, 3.8) is 0 Å². The number of amides is 1. The van der Waals surface area contributed by atoms with Crippen LogP contribution in [0.2, 0.25) is 0 Å². The number of rotatable bonds is 5. The van der Waals surface area contributed by atoms with Gasteiger partial charge in [-0.15, -0.1) is 0 Å². The van der Waals surface area contributed by atoms with Gasteiger partial charge in [-0.3, -0.25) is 4.79 Å². The normalized spacial score (nSPS) is 18.2. The van der Waals surface area contributed by atoms with E-state index in [0.717, 1.165) is 24.8 Å². The van der Waals surface area contributed by atoms with Gasteiger partial charge in [0, 0.05) is 13.1 Å². The third-order valence-electron chi connectivity index (χ3n) is 4.58. The van der Waals surface area contributed by atoms with E-state index in [0.29, 0.717) is 13.1 Å². The minimum atomic E-state index is -0.357. The molecule has 2 rings (SSSR count). The molecule has 0 radical (unpaired) electrons. The second-order valence-corrected chi connectivity index (χ2v) is 5.66. The lowest BCUT2D eigenvalue weighted by molar-refractivity contribution is -0.148. The molecule has 0 saturated heterocycles. The molecule has 110 valence electrons. The molecule has 1 unspecified atom stereocenters. The summed E-state index contributed by atoms with van der Waals surface area (Å²) in [5, 5.41) is 0. The molecule has 0 bridgehead atoms. The molecule has 4 heteroatoms. The average Bonchev–Trinajstić information content (AvgIpc) is 2.39. The first-order valence-electron chi connectivity index (χ1n) is 7.30. The second kappa shape index (κ2) is 5.92. The zero-order valence-electron chi connectivity index (χ0n) is 12.2. The standard InChI is InChI=1S/C16H23FN2O/c1-3-19(15(20)16(11-18)9-4-10-16)12(2)13-5-7-14(17)8-6-13/h5-8,12H,3-4,9-11,18H2,1-2H3. The highest BCUT2D eigenvalue weighted by molar-refractivity contribution is 5.84. The first-order chi connectivity index (χ1) is 9.54. The maximum absolute atomic E-state index is 13.0. The largest absolute Gasteiger partial charge is 0.336 e. The number of carbonyl (C=O) groups excluding carboxylic acids is 1. The molecule has 3 nitrogen and oxygen atoms in total. The van der Waals surface area contributed by atoms with Gasteiger partial charge in [-0.2, -0.15) is 0 Å². The Hall–Kier alpha value is -1.42. The lowest BCUT2D eigenvalue weighted by Gasteiger charge is -2.44. The lowest BCUT2D eigenvalue weighted by atomic mass is 9.67. The molecule has 0 spiro atoms. The topological polar surface area (TPSA) is 46.3 Å². The summed E-state index contributed by atoms with van der Waals surface area (Å²) in [5.74, 6) is -0.113. The van der Waals surface area contributed by atoms with Crippen molar-refractivity contribution >= 4 is 5.91 Å². The second-order valence-electron chi connectivity index (χ2n) is 5.66. The maximum atomic E-state index is 13.0. The molecule has 1 atom stereocenters. The predicted molar refractivity (Wildman–Crippen MR) is 77.5 cm³/mol. The minimum absolute atomic E-state index is 0.0582. The zero-order valence-corrected chi connectivity index (χ0v) is 12.2. The van der Waals surface area contributed by atoms with Crippen molar-refractivity contribution in [3.05, 3.63) is 35.6 Å². The Morgan fingerprint density at radius 1 is 1.40 bits per heavy atom. The molecule has 1 aromatic carbocycles. The molecular weight excluding hydrogens is 255 g/mol. The number of carbonyl (C=O) groups is 1. The summed E-state index contributed by atoms with van der Waals surface area (Å²) in [7, 11) is 0. The Morgan fingerprint density at radius 3 is 2.40 bits per heavy atom. The van der Waals surface area contributed by atoms with Crippen molar-refractivity contribution in [3.8, 4) is 0 Å². The zero-order chi connectivity index (χ0) is 14.8. The van der Waals surface area contributed by atoms with E-state index in [1.165, 1.54) is 12.1 Å². The van der Waals surface area contributed by atoms with E-state index in [1.54, 1.807) is 12.1 Å². The summed E-state index contributed by atoms with van der Waals surface area (Å²) in [5.41, 5.74) is 6.42. The Labute approximate surface area is 120 Å². The first-order valence-corrected chi connectivity index (χ1v) is 7.30. The van der Waals surface area contributed by atoms with Crippen molar-refractivity contribution in [2.24, 2.45) is 11.1 Å². The van der Waals surface area contributed by atoms with Crippen LogP contribution < -0.4 is 5.73 Å². The Kier molecular flexibility index (Phi) is 4.43. The highest BCUT2D eigenvalue weighted by atomic mass is 19.1. The molecule has 20 heavy (non-hydrogen) atoms. The van der Waals surface area contributed by atoms with E-state index in [1.807, 2.05) is 18.7 Å². The summed E-state index contributed by atoms with van der Waals surface area (Å²) >= 11 is 0. The van der Waals surface area contributed by atoms with Crippen LogP contribution in [0.5, 0.6) is 0 Å². The van der Waals surface area contributed by atoms with Gasteiger partial charge in [0.15, 0.2) is 0 Å². The molecular formula is C16H23FN2O. The van der Waals surface area contributed by atoms with E-state index in [4.69, 9.17) is 5.73 Å². The lowest BCUT2D eigenvalue weighted by Crippen LogP contribution is -2.52. The molecule has 1 amide bonds. The fraction of sp³-hybridized carbons (Fsp3) is 0.562. The van der Waals surface area contributed by atoms with Gasteiger partial charge < -0.3 is 10.6 Å². The Morgan fingerprint density at radius 2 is 2.00 bits per heavy atom. The van der Waals surface area contributed by atoms with Gasteiger partial charge in [0.25, 0.3) is 0 Å². The molecule has 2 N–H and O–H groups in total. The average molecular weight is 278 g/mol. The number of hydrogen-bond acceptors (Lipinski definition) is 2. The predicted octanol–water partition coefficient (Wildman–Crippen LogP) is 2.86. The molecule has 0 heterocycles. The van der Waals surface area contributed by atoms with Crippen LogP contribution in [0.1, 0.15) is 44.7 Å². The van der Waals surface area contributed by atoms with Gasteiger partial charge in [-0.25, -0.2) is 4.39 Å². The molecule has 0 aromatic heterocycles. The fourth-order valence-corrected chi connectivity index (χ4v) is 2.93. The molecule has 1 saturated carbocycles. The van der Waals surface area contributed by atoms with Gasteiger partial charge in [0.05, 0.1) is 11.5 Å². The van der Waals surface area contributed by atoms with Gasteiger partial charge in [0.1, 0.15) is 5.82 Å². The first kappa shape index (κ1) is 15.0.